The van der Waals surface area contributed by atoms with E-state index in [1.807, 2.05) is 44.2 Å². The van der Waals surface area contributed by atoms with Crippen LogP contribution in [-0.2, 0) is 9.59 Å². The molecule has 0 bridgehead atoms. The number of nitrogens with one attached hydrogen (secondary N) is 3. The minimum Gasteiger partial charge on any atom is -0.376 e. The molecule has 29 heavy (non-hydrogen) atoms. The number of anilines is 3. The number of nitrogens with zero attached hydrogens (tertiary/aromatic N) is 2. The average molecular weight is 395 g/mol. The molecule has 2 aromatic carbocycles. The molecule has 7 nitrogen and oxygen atoms in total. The number of benzene rings is 2. The number of aromatic nitrogens is 2. The van der Waals surface area contributed by atoms with E-state index >= 15 is 0 Å². The molecule has 3 rings (SSSR count). The number of para-hydroxylation sites is 1. The molecule has 0 spiro atoms. The first-order valence-electron chi connectivity index (χ1n) is 9.07. The van der Waals surface area contributed by atoms with Crippen LogP contribution in [0.4, 0.5) is 21.5 Å². The molecule has 1 aromatic heterocycles. The van der Waals surface area contributed by atoms with Gasteiger partial charge in [-0.25, -0.2) is 9.07 Å². The van der Waals surface area contributed by atoms with Crippen molar-refractivity contribution in [3.8, 4) is 5.69 Å². The number of carbonyl (C=O) groups excluding carboxylic acids is 2. The van der Waals surface area contributed by atoms with Crippen molar-refractivity contribution in [3.63, 3.8) is 0 Å². The maximum absolute atomic E-state index is 13.7. The van der Waals surface area contributed by atoms with Gasteiger partial charge in [0.25, 0.3) is 0 Å². The number of halogens is 1. The van der Waals surface area contributed by atoms with Crippen molar-refractivity contribution in [2.45, 2.75) is 20.8 Å². The van der Waals surface area contributed by atoms with Crippen molar-refractivity contribution < 1.29 is 14.0 Å². The van der Waals surface area contributed by atoms with Crippen LogP contribution in [0.3, 0.4) is 0 Å². The number of rotatable bonds is 6. The van der Waals surface area contributed by atoms with Crippen molar-refractivity contribution in [1.29, 1.82) is 0 Å². The Kier molecular flexibility index (Phi) is 5.92. The lowest BCUT2D eigenvalue weighted by Gasteiger charge is -2.11. The third-order valence-corrected chi connectivity index (χ3v) is 4.29. The SMILES string of the molecule is CC(=O)Nc1cc(NCC(=O)Nc2c(C)nn(-c3ccccc3)c2C)ccc1F. The van der Waals surface area contributed by atoms with Gasteiger partial charge in [0.1, 0.15) is 5.82 Å². The number of hydrogen-bond acceptors (Lipinski definition) is 4. The minimum absolute atomic E-state index is 0.0272. The Morgan fingerprint density at radius 2 is 1.79 bits per heavy atom. The van der Waals surface area contributed by atoms with E-state index in [0.717, 1.165) is 11.4 Å². The molecule has 8 heteroatoms. The summed E-state index contributed by atoms with van der Waals surface area (Å²) >= 11 is 0. The molecule has 2 amide bonds. The second kappa shape index (κ2) is 8.55. The van der Waals surface area contributed by atoms with E-state index in [0.29, 0.717) is 17.1 Å². The Hall–Kier alpha value is -3.68. The molecule has 0 radical (unpaired) electrons. The highest BCUT2D eigenvalue weighted by Crippen LogP contribution is 2.23. The highest BCUT2D eigenvalue weighted by molar-refractivity contribution is 5.95. The summed E-state index contributed by atoms with van der Waals surface area (Å²) in [6, 6.07) is 13.8. The summed E-state index contributed by atoms with van der Waals surface area (Å²) in [7, 11) is 0. The first kappa shape index (κ1) is 20.1. The van der Waals surface area contributed by atoms with Gasteiger partial charge >= 0.3 is 0 Å². The van der Waals surface area contributed by atoms with Crippen LogP contribution >= 0.6 is 0 Å². The fourth-order valence-electron chi connectivity index (χ4n) is 2.93. The van der Waals surface area contributed by atoms with Crippen molar-refractivity contribution >= 4 is 28.9 Å². The van der Waals surface area contributed by atoms with E-state index in [9.17, 15) is 14.0 Å². The topological polar surface area (TPSA) is 88.1 Å². The minimum atomic E-state index is -0.547. The van der Waals surface area contributed by atoms with Gasteiger partial charge in [-0.2, -0.15) is 5.10 Å². The molecule has 3 aromatic rings. The van der Waals surface area contributed by atoms with Gasteiger partial charge in [-0.3, -0.25) is 9.59 Å². The lowest BCUT2D eigenvalue weighted by atomic mass is 10.2. The molecule has 0 unspecified atom stereocenters. The molecule has 0 saturated carbocycles. The molecule has 0 aliphatic rings. The van der Waals surface area contributed by atoms with Crippen LogP contribution in [0.25, 0.3) is 5.69 Å². The fourth-order valence-corrected chi connectivity index (χ4v) is 2.93. The predicted molar refractivity (Wildman–Crippen MR) is 111 cm³/mol. The second-order valence-electron chi connectivity index (χ2n) is 6.57. The number of aryl methyl sites for hydroxylation is 1. The summed E-state index contributed by atoms with van der Waals surface area (Å²) in [5, 5.41) is 12.7. The Balaban J connectivity index is 1.68. The summed E-state index contributed by atoms with van der Waals surface area (Å²) in [5.74, 6) is -1.19. The normalized spacial score (nSPS) is 10.5. The highest BCUT2D eigenvalue weighted by Gasteiger charge is 2.15. The van der Waals surface area contributed by atoms with Crippen molar-refractivity contribution in [2.24, 2.45) is 0 Å². The highest BCUT2D eigenvalue weighted by atomic mass is 19.1. The van der Waals surface area contributed by atoms with Crippen LogP contribution in [-0.4, -0.2) is 28.1 Å². The maximum Gasteiger partial charge on any atom is 0.243 e. The summed E-state index contributed by atoms with van der Waals surface area (Å²) in [4.78, 5) is 23.6. The summed E-state index contributed by atoms with van der Waals surface area (Å²) < 4.78 is 15.5. The van der Waals surface area contributed by atoms with Crippen LogP contribution in [0.15, 0.2) is 48.5 Å². The van der Waals surface area contributed by atoms with E-state index in [1.165, 1.54) is 25.1 Å². The Labute approximate surface area is 167 Å². The van der Waals surface area contributed by atoms with Gasteiger partial charge in [0.15, 0.2) is 0 Å². The smallest absolute Gasteiger partial charge is 0.243 e. The zero-order valence-corrected chi connectivity index (χ0v) is 16.4. The van der Waals surface area contributed by atoms with Crippen LogP contribution in [0.2, 0.25) is 0 Å². The molecular weight excluding hydrogens is 373 g/mol. The third-order valence-electron chi connectivity index (χ3n) is 4.29. The van der Waals surface area contributed by atoms with E-state index in [1.54, 1.807) is 4.68 Å². The van der Waals surface area contributed by atoms with Gasteiger partial charge < -0.3 is 16.0 Å². The monoisotopic (exact) mass is 395 g/mol. The number of carbonyl (C=O) groups is 2. The number of amides is 2. The van der Waals surface area contributed by atoms with E-state index in [4.69, 9.17) is 0 Å². The van der Waals surface area contributed by atoms with Crippen molar-refractivity contribution in [2.75, 3.05) is 22.5 Å². The second-order valence-corrected chi connectivity index (χ2v) is 6.57. The molecule has 150 valence electrons. The molecular formula is C21H22FN5O2. The summed E-state index contributed by atoms with van der Waals surface area (Å²) in [6.45, 7) is 4.98. The molecule has 0 aliphatic carbocycles. The van der Waals surface area contributed by atoms with Crippen LogP contribution in [0.5, 0.6) is 0 Å². The van der Waals surface area contributed by atoms with E-state index in [2.05, 4.69) is 21.0 Å². The van der Waals surface area contributed by atoms with Crippen LogP contribution in [0, 0.1) is 19.7 Å². The maximum atomic E-state index is 13.7. The molecule has 0 fully saturated rings. The van der Waals surface area contributed by atoms with Crippen molar-refractivity contribution in [3.05, 3.63) is 65.7 Å². The Morgan fingerprint density at radius 1 is 1.07 bits per heavy atom. The molecule has 0 aliphatic heterocycles. The third kappa shape index (κ3) is 4.78. The van der Waals surface area contributed by atoms with Gasteiger partial charge in [-0.1, -0.05) is 18.2 Å². The summed E-state index contributed by atoms with van der Waals surface area (Å²) in [5.41, 5.74) is 3.64. The zero-order chi connectivity index (χ0) is 21.0. The Bertz CT molecular complexity index is 1050. The van der Waals surface area contributed by atoms with Gasteiger partial charge in [0.05, 0.1) is 35.0 Å². The average Bonchev–Trinajstić information content (AvgIpc) is 2.97. The van der Waals surface area contributed by atoms with E-state index < -0.39 is 5.82 Å². The fraction of sp³-hybridized carbons (Fsp3) is 0.190. The van der Waals surface area contributed by atoms with Gasteiger partial charge in [-0.15, -0.1) is 0 Å². The van der Waals surface area contributed by atoms with Crippen LogP contribution < -0.4 is 16.0 Å². The lowest BCUT2D eigenvalue weighted by molar-refractivity contribution is -0.115. The first-order chi connectivity index (χ1) is 13.8. The van der Waals surface area contributed by atoms with E-state index in [-0.39, 0.29) is 24.0 Å². The molecule has 0 saturated heterocycles. The van der Waals surface area contributed by atoms with Gasteiger partial charge in [0, 0.05) is 12.6 Å². The molecule has 3 N–H and O–H groups in total. The Morgan fingerprint density at radius 3 is 2.48 bits per heavy atom. The standard InChI is InChI=1S/C21H22FN5O2/c1-13-21(14(2)27(26-13)17-7-5-4-6-8-17)25-20(29)12-23-16-9-10-18(22)19(11-16)24-15(3)28/h4-11,23H,12H2,1-3H3,(H,24,28)(H,25,29). The summed E-state index contributed by atoms with van der Waals surface area (Å²) in [6.07, 6.45) is 0. The largest absolute Gasteiger partial charge is 0.376 e. The predicted octanol–water partition coefficient (Wildman–Crippen LogP) is 3.64. The molecule has 1 heterocycles. The van der Waals surface area contributed by atoms with Crippen molar-refractivity contribution in [1.82, 2.24) is 9.78 Å². The van der Waals surface area contributed by atoms with Gasteiger partial charge in [0.2, 0.25) is 11.8 Å². The first-order valence-corrected chi connectivity index (χ1v) is 9.07. The van der Waals surface area contributed by atoms with Gasteiger partial charge in [-0.05, 0) is 44.2 Å². The lowest BCUT2D eigenvalue weighted by Crippen LogP contribution is -2.22. The molecule has 0 atom stereocenters. The zero-order valence-electron chi connectivity index (χ0n) is 16.4. The van der Waals surface area contributed by atoms with Crippen LogP contribution in [0.1, 0.15) is 18.3 Å². The quantitative estimate of drug-likeness (QED) is 0.595. The number of hydrogen-bond donors (Lipinski definition) is 3.